The van der Waals surface area contributed by atoms with Crippen LogP contribution in [0.1, 0.15) is 28.7 Å². The van der Waals surface area contributed by atoms with Crippen LogP contribution in [0, 0.1) is 10.1 Å². The van der Waals surface area contributed by atoms with Gasteiger partial charge in [0.2, 0.25) is 11.8 Å². The van der Waals surface area contributed by atoms with E-state index in [1.807, 2.05) is 30.3 Å². The number of carbonyl (C=O) groups excluding carboxylic acids is 1. The molecule has 1 heterocycles. The summed E-state index contributed by atoms with van der Waals surface area (Å²) in [6.45, 7) is 2.13. The van der Waals surface area contributed by atoms with Gasteiger partial charge in [-0.25, -0.2) is 0 Å². The summed E-state index contributed by atoms with van der Waals surface area (Å²) >= 11 is 0. The number of nitrogens with two attached hydrogens (primary N) is 1. The zero-order valence-electron chi connectivity index (χ0n) is 13.7. The molecule has 11 heteroatoms. The van der Waals surface area contributed by atoms with Gasteiger partial charge in [0.25, 0.3) is 5.91 Å². The molecule has 0 spiro atoms. The van der Waals surface area contributed by atoms with Crippen LogP contribution < -0.4 is 79.7 Å². The van der Waals surface area contributed by atoms with Gasteiger partial charge in [0.1, 0.15) is 5.69 Å². The third kappa shape index (κ3) is 7.17. The minimum Gasteiger partial charge on any atom is -0.565 e. The van der Waals surface area contributed by atoms with Crippen molar-refractivity contribution in [2.24, 2.45) is 5.73 Å². The molecule has 0 saturated carbocycles. The van der Waals surface area contributed by atoms with E-state index in [1.165, 1.54) is 4.68 Å². The zero-order valence-corrected chi connectivity index (χ0v) is 20.0. The van der Waals surface area contributed by atoms with Crippen LogP contribution in [0.5, 0.6) is 0 Å². The third-order valence-electron chi connectivity index (χ3n) is 2.96. The van der Waals surface area contributed by atoms with Crippen molar-refractivity contribution in [1.82, 2.24) is 9.78 Å². The van der Waals surface area contributed by atoms with Gasteiger partial charge in [-0.05, 0) is 12.0 Å². The first-order valence-corrected chi connectivity index (χ1v) is 6.75. The number of hydrogen-bond donors (Lipinski definition) is 2. The molecule has 0 bridgehead atoms. The number of nitrogens with zero attached hydrogens (tertiary/aromatic N) is 3. The largest absolute Gasteiger partial charge is 1.00 e. The summed E-state index contributed by atoms with van der Waals surface area (Å²) in [4.78, 5) is 30.3. The van der Waals surface area contributed by atoms with Crippen LogP contribution in [0.2, 0.25) is 0 Å². The van der Waals surface area contributed by atoms with Crippen LogP contribution in [0.3, 0.4) is 0 Å². The van der Waals surface area contributed by atoms with Crippen LogP contribution >= 0.6 is 0 Å². The number of aromatic nitrogens is 2. The maximum atomic E-state index is 11.3. The van der Waals surface area contributed by atoms with Gasteiger partial charge in [-0.2, -0.15) is 5.10 Å². The van der Waals surface area contributed by atoms with E-state index >= 15 is 0 Å². The minimum absolute atomic E-state index is 0. The summed E-state index contributed by atoms with van der Waals surface area (Å²) in [5.41, 5.74) is 5.92. The van der Waals surface area contributed by atoms with Crippen LogP contribution in [-0.2, 0) is 13.0 Å². The van der Waals surface area contributed by atoms with E-state index in [9.17, 15) is 14.9 Å². The number of carboxylic acid groups (broad SMARTS) is 2. The Balaban J connectivity index is 0.00000104. The standard InChI is InChI=1S/C13H14N4O3.CH2O3.Cs/c1-2-10-12(17(19)20)11(13(14)18)15-16(10)8-9-6-4-3-5-7-9;2-1(3)4;/h3-7H,2,8H2,1H3,(H2,14,18);(H2,2,3,4);/q;;+1/p-1. The van der Waals surface area contributed by atoms with Crippen LogP contribution in [0.15, 0.2) is 30.3 Å². The van der Waals surface area contributed by atoms with Gasteiger partial charge >= 0.3 is 74.6 Å². The van der Waals surface area contributed by atoms with Crippen molar-refractivity contribution >= 4 is 17.7 Å². The molecular formula is C14H15CsN4O6. The second kappa shape index (κ2) is 11.3. The first kappa shape index (κ1) is 23.6. The van der Waals surface area contributed by atoms with Crippen LogP contribution in [0.4, 0.5) is 10.5 Å². The Morgan fingerprint density at radius 1 is 1.32 bits per heavy atom. The molecular weight excluding hydrogens is 453 g/mol. The van der Waals surface area contributed by atoms with Gasteiger partial charge in [-0.3, -0.25) is 19.6 Å². The maximum absolute atomic E-state index is 11.3. The van der Waals surface area contributed by atoms with Crippen LogP contribution in [-0.4, -0.2) is 31.9 Å². The van der Waals surface area contributed by atoms with Crippen LogP contribution in [0.25, 0.3) is 0 Å². The smallest absolute Gasteiger partial charge is 0.565 e. The Kier molecular flexibility index (Phi) is 10.7. The molecule has 1 amide bonds. The summed E-state index contributed by atoms with van der Waals surface area (Å²) in [7, 11) is 0. The Bertz CT molecular complexity index is 743. The van der Waals surface area contributed by atoms with Crippen molar-refractivity contribution in [3.63, 3.8) is 0 Å². The molecule has 1 aromatic carbocycles. The van der Waals surface area contributed by atoms with Gasteiger partial charge in [0.05, 0.1) is 11.5 Å². The molecule has 10 nitrogen and oxygen atoms in total. The zero-order chi connectivity index (χ0) is 18.3. The fourth-order valence-electron chi connectivity index (χ4n) is 2.08. The Morgan fingerprint density at radius 2 is 1.84 bits per heavy atom. The van der Waals surface area contributed by atoms with Gasteiger partial charge < -0.3 is 20.7 Å². The molecule has 0 aliphatic heterocycles. The van der Waals surface area contributed by atoms with E-state index in [4.69, 9.17) is 20.7 Å². The van der Waals surface area contributed by atoms with Crippen molar-refractivity contribution in [3.05, 3.63) is 57.4 Å². The van der Waals surface area contributed by atoms with E-state index in [-0.39, 0.29) is 80.3 Å². The van der Waals surface area contributed by atoms with Crippen molar-refractivity contribution in [1.29, 1.82) is 0 Å². The summed E-state index contributed by atoms with van der Waals surface area (Å²) in [5, 5.41) is 30.4. The molecule has 2 aromatic rings. The number of carbonyl (C=O) groups is 2. The summed E-state index contributed by atoms with van der Waals surface area (Å²) < 4.78 is 1.47. The van der Waals surface area contributed by atoms with Crippen molar-refractivity contribution in [2.75, 3.05) is 0 Å². The molecule has 0 unspecified atom stereocenters. The first-order valence-electron chi connectivity index (χ1n) is 6.75. The van der Waals surface area contributed by atoms with Gasteiger partial charge in [0, 0.05) is 0 Å². The fourth-order valence-corrected chi connectivity index (χ4v) is 2.08. The fraction of sp³-hybridized carbons (Fsp3) is 0.214. The summed E-state index contributed by atoms with van der Waals surface area (Å²) in [6.07, 6.45) is -1.69. The molecule has 0 fully saturated rings. The molecule has 0 saturated heterocycles. The molecule has 0 aliphatic rings. The second-order valence-electron chi connectivity index (χ2n) is 4.53. The summed E-state index contributed by atoms with van der Waals surface area (Å²) in [6, 6.07) is 9.39. The monoisotopic (exact) mass is 468 g/mol. The Morgan fingerprint density at radius 3 is 2.24 bits per heavy atom. The topological polar surface area (TPSA) is 164 Å². The quantitative estimate of drug-likeness (QED) is 0.359. The molecule has 1 aromatic heterocycles. The molecule has 0 radical (unpaired) electrons. The number of primary amides is 1. The SMILES string of the molecule is CCc1c([N+](=O)[O-])c(C(N)=O)nn1Cc1ccccc1.O=C([O-])O.[Cs+]. The number of rotatable bonds is 5. The number of amides is 1. The van der Waals surface area contributed by atoms with Gasteiger partial charge in [-0.1, -0.05) is 37.3 Å². The predicted molar refractivity (Wildman–Crippen MR) is 80.3 cm³/mol. The molecule has 3 N–H and O–H groups in total. The van der Waals surface area contributed by atoms with E-state index in [2.05, 4.69) is 5.10 Å². The molecule has 25 heavy (non-hydrogen) atoms. The summed E-state index contributed by atoms with van der Waals surface area (Å²) in [5.74, 6) is -0.891. The Hall–Kier alpha value is -1.38. The molecule has 2 rings (SSSR count). The second-order valence-corrected chi connectivity index (χ2v) is 4.53. The van der Waals surface area contributed by atoms with E-state index in [0.29, 0.717) is 18.7 Å². The normalized spacial score (nSPS) is 9.32. The maximum Gasteiger partial charge on any atom is 1.00 e. The minimum atomic E-state index is -2.08. The predicted octanol–water partition coefficient (Wildman–Crippen LogP) is -2.61. The molecule has 128 valence electrons. The average molecular weight is 468 g/mol. The number of hydrogen-bond acceptors (Lipinski definition) is 6. The number of nitro groups is 1. The number of benzene rings is 1. The van der Waals surface area contributed by atoms with Crippen molar-refractivity contribution in [2.45, 2.75) is 19.9 Å². The van der Waals surface area contributed by atoms with Crippen molar-refractivity contribution < 1.29 is 93.6 Å². The van der Waals surface area contributed by atoms with E-state index < -0.39 is 17.0 Å². The van der Waals surface area contributed by atoms with E-state index in [0.717, 1.165) is 5.56 Å². The van der Waals surface area contributed by atoms with Crippen molar-refractivity contribution in [3.8, 4) is 0 Å². The first-order chi connectivity index (χ1) is 11.3. The van der Waals surface area contributed by atoms with Gasteiger partial charge in [0.15, 0.2) is 0 Å². The van der Waals surface area contributed by atoms with E-state index in [1.54, 1.807) is 6.92 Å². The Labute approximate surface area is 201 Å². The molecule has 0 aliphatic carbocycles. The third-order valence-corrected chi connectivity index (χ3v) is 2.96. The average Bonchev–Trinajstić information content (AvgIpc) is 2.86. The van der Waals surface area contributed by atoms with Gasteiger partial charge in [-0.15, -0.1) is 0 Å². The molecule has 0 atom stereocenters.